The van der Waals surface area contributed by atoms with Crippen molar-refractivity contribution in [2.75, 3.05) is 26.7 Å². The number of hydrogen-bond donors (Lipinski definition) is 1. The van der Waals surface area contributed by atoms with Gasteiger partial charge in [-0.1, -0.05) is 43.5 Å². The molecule has 6 heteroatoms. The van der Waals surface area contributed by atoms with E-state index < -0.39 is 0 Å². The molecule has 1 amide bonds. The van der Waals surface area contributed by atoms with E-state index in [0.717, 1.165) is 45.1 Å². The Morgan fingerprint density at radius 1 is 1.10 bits per heavy atom. The SMILES string of the molecule is CN=C(NCc1cccc(CN2CCCC2=O)c1)N1CCC2(CCCCC2)C1.I. The maximum atomic E-state index is 11.9. The monoisotopic (exact) mass is 510 g/mol. The van der Waals surface area contributed by atoms with Gasteiger partial charge in [-0.05, 0) is 42.2 Å². The Morgan fingerprint density at radius 2 is 1.90 bits per heavy atom. The summed E-state index contributed by atoms with van der Waals surface area (Å²) in [6.07, 6.45) is 9.98. The summed E-state index contributed by atoms with van der Waals surface area (Å²) in [4.78, 5) is 20.9. The van der Waals surface area contributed by atoms with Crippen LogP contribution >= 0.6 is 24.0 Å². The third kappa shape index (κ3) is 5.44. The lowest BCUT2D eigenvalue weighted by molar-refractivity contribution is -0.128. The molecule has 0 aromatic heterocycles. The zero-order chi connectivity index (χ0) is 19.4. The van der Waals surface area contributed by atoms with E-state index in [9.17, 15) is 4.79 Å². The van der Waals surface area contributed by atoms with Crippen molar-refractivity contribution in [1.29, 1.82) is 0 Å². The topological polar surface area (TPSA) is 47.9 Å². The van der Waals surface area contributed by atoms with Gasteiger partial charge in [-0.2, -0.15) is 0 Å². The van der Waals surface area contributed by atoms with Crippen LogP contribution < -0.4 is 5.32 Å². The summed E-state index contributed by atoms with van der Waals surface area (Å²) in [5.74, 6) is 1.32. The number of hydrogen-bond acceptors (Lipinski definition) is 2. The van der Waals surface area contributed by atoms with Crippen LogP contribution in [0.15, 0.2) is 29.3 Å². The summed E-state index contributed by atoms with van der Waals surface area (Å²) in [5.41, 5.74) is 3.00. The fraction of sp³-hybridized carbons (Fsp3) is 0.652. The highest BCUT2D eigenvalue weighted by molar-refractivity contribution is 14.0. The van der Waals surface area contributed by atoms with Crippen LogP contribution in [0.2, 0.25) is 0 Å². The van der Waals surface area contributed by atoms with Crippen molar-refractivity contribution in [3.8, 4) is 0 Å². The van der Waals surface area contributed by atoms with E-state index in [1.54, 1.807) is 0 Å². The van der Waals surface area contributed by atoms with Gasteiger partial charge in [0.15, 0.2) is 5.96 Å². The summed E-state index contributed by atoms with van der Waals surface area (Å²) in [6, 6.07) is 8.60. The number of aliphatic imine (C=N–C) groups is 1. The first-order valence-electron chi connectivity index (χ1n) is 11.0. The molecule has 3 aliphatic rings. The van der Waals surface area contributed by atoms with Crippen molar-refractivity contribution in [3.63, 3.8) is 0 Å². The Morgan fingerprint density at radius 3 is 2.62 bits per heavy atom. The Balaban J connectivity index is 0.00000240. The molecular weight excluding hydrogens is 475 g/mol. The Bertz CT molecular complexity index is 729. The average Bonchev–Trinajstić information content (AvgIpc) is 3.30. The van der Waals surface area contributed by atoms with E-state index in [1.807, 2.05) is 11.9 Å². The lowest BCUT2D eigenvalue weighted by Crippen LogP contribution is -2.41. The Hall–Kier alpha value is -1.31. The number of nitrogens with zero attached hydrogens (tertiary/aromatic N) is 3. The molecule has 29 heavy (non-hydrogen) atoms. The highest BCUT2D eigenvalue weighted by atomic mass is 127. The largest absolute Gasteiger partial charge is 0.352 e. The van der Waals surface area contributed by atoms with E-state index in [-0.39, 0.29) is 29.9 Å². The van der Waals surface area contributed by atoms with Crippen LogP contribution in [0.3, 0.4) is 0 Å². The van der Waals surface area contributed by atoms with Gasteiger partial charge in [0.1, 0.15) is 0 Å². The normalized spacial score (nSPS) is 21.6. The zero-order valence-corrected chi connectivity index (χ0v) is 20.0. The first-order valence-corrected chi connectivity index (χ1v) is 11.0. The van der Waals surface area contributed by atoms with Crippen LogP contribution in [0, 0.1) is 5.41 Å². The Kier molecular flexibility index (Phi) is 7.82. The minimum Gasteiger partial charge on any atom is -0.352 e. The molecule has 0 radical (unpaired) electrons. The van der Waals surface area contributed by atoms with Gasteiger partial charge in [0.25, 0.3) is 0 Å². The molecule has 160 valence electrons. The molecule has 1 saturated carbocycles. The summed E-state index contributed by atoms with van der Waals surface area (Å²) >= 11 is 0. The number of benzene rings is 1. The van der Waals surface area contributed by atoms with Crippen molar-refractivity contribution in [2.24, 2.45) is 10.4 Å². The third-order valence-corrected chi connectivity index (χ3v) is 6.85. The van der Waals surface area contributed by atoms with Gasteiger partial charge in [-0.25, -0.2) is 0 Å². The number of halogens is 1. The molecule has 3 fully saturated rings. The van der Waals surface area contributed by atoms with E-state index in [0.29, 0.717) is 11.8 Å². The maximum absolute atomic E-state index is 11.9. The standard InChI is InChI=1S/C23H34N4O.HI/c1-24-22(27-14-12-23(18-27)10-3-2-4-11-23)25-16-19-7-5-8-20(15-19)17-26-13-6-9-21(26)28;/h5,7-8,15H,2-4,6,9-14,16-18H2,1H3,(H,24,25);1H. The van der Waals surface area contributed by atoms with Crippen molar-refractivity contribution >= 4 is 35.8 Å². The van der Waals surface area contributed by atoms with Crippen LogP contribution in [-0.2, 0) is 17.9 Å². The molecule has 1 N–H and O–H groups in total. The average molecular weight is 510 g/mol. The van der Waals surface area contributed by atoms with Gasteiger partial charge in [-0.15, -0.1) is 24.0 Å². The lowest BCUT2D eigenvalue weighted by Gasteiger charge is -2.33. The van der Waals surface area contributed by atoms with E-state index in [2.05, 4.69) is 39.5 Å². The number of amides is 1. The highest BCUT2D eigenvalue weighted by Crippen LogP contribution is 2.43. The fourth-order valence-electron chi connectivity index (χ4n) is 5.27. The predicted molar refractivity (Wildman–Crippen MR) is 128 cm³/mol. The molecular formula is C23H35IN4O. The van der Waals surface area contributed by atoms with Crippen LogP contribution in [0.4, 0.5) is 0 Å². The molecule has 0 unspecified atom stereocenters. The first kappa shape index (κ1) is 22.4. The molecule has 4 rings (SSSR count). The van der Waals surface area contributed by atoms with Crippen molar-refractivity contribution in [3.05, 3.63) is 35.4 Å². The van der Waals surface area contributed by atoms with Crippen LogP contribution in [0.25, 0.3) is 0 Å². The first-order chi connectivity index (χ1) is 13.7. The molecule has 2 heterocycles. The molecule has 0 bridgehead atoms. The molecule has 1 aromatic rings. The summed E-state index contributed by atoms with van der Waals surface area (Å²) < 4.78 is 0. The number of rotatable bonds is 4. The van der Waals surface area contributed by atoms with E-state index in [4.69, 9.17) is 0 Å². The summed E-state index contributed by atoms with van der Waals surface area (Å²) in [5, 5.41) is 3.57. The van der Waals surface area contributed by atoms with Gasteiger partial charge in [0.2, 0.25) is 5.91 Å². The van der Waals surface area contributed by atoms with E-state index >= 15 is 0 Å². The molecule has 0 atom stereocenters. The molecule has 1 aromatic carbocycles. The van der Waals surface area contributed by atoms with Crippen LogP contribution in [0.1, 0.15) is 62.5 Å². The second-order valence-corrected chi connectivity index (χ2v) is 8.87. The fourth-order valence-corrected chi connectivity index (χ4v) is 5.27. The van der Waals surface area contributed by atoms with Crippen LogP contribution in [-0.4, -0.2) is 48.3 Å². The van der Waals surface area contributed by atoms with Crippen molar-refractivity contribution in [2.45, 2.75) is 64.5 Å². The molecule has 5 nitrogen and oxygen atoms in total. The second-order valence-electron chi connectivity index (χ2n) is 8.87. The van der Waals surface area contributed by atoms with Crippen molar-refractivity contribution < 1.29 is 4.79 Å². The number of carbonyl (C=O) groups is 1. The quantitative estimate of drug-likeness (QED) is 0.376. The van der Waals surface area contributed by atoms with E-state index in [1.165, 1.54) is 49.7 Å². The summed E-state index contributed by atoms with van der Waals surface area (Å²) in [7, 11) is 1.89. The number of nitrogens with one attached hydrogen (secondary N) is 1. The van der Waals surface area contributed by atoms with Gasteiger partial charge >= 0.3 is 0 Å². The smallest absolute Gasteiger partial charge is 0.222 e. The number of likely N-dealkylation sites (tertiary alicyclic amines) is 2. The lowest BCUT2D eigenvalue weighted by atomic mass is 9.73. The molecule has 1 aliphatic carbocycles. The molecule has 2 saturated heterocycles. The molecule has 2 aliphatic heterocycles. The Labute approximate surface area is 192 Å². The zero-order valence-electron chi connectivity index (χ0n) is 17.7. The van der Waals surface area contributed by atoms with Gasteiger partial charge in [0, 0.05) is 46.2 Å². The number of guanidine groups is 1. The minimum absolute atomic E-state index is 0. The van der Waals surface area contributed by atoms with Crippen LogP contribution in [0.5, 0.6) is 0 Å². The highest BCUT2D eigenvalue weighted by Gasteiger charge is 2.39. The second kappa shape index (κ2) is 10.1. The molecule has 1 spiro atoms. The summed E-state index contributed by atoms with van der Waals surface area (Å²) in [6.45, 7) is 4.68. The van der Waals surface area contributed by atoms with Gasteiger partial charge in [-0.3, -0.25) is 9.79 Å². The predicted octanol–water partition coefficient (Wildman–Crippen LogP) is 4.16. The van der Waals surface area contributed by atoms with Gasteiger partial charge in [0.05, 0.1) is 0 Å². The van der Waals surface area contributed by atoms with Gasteiger partial charge < -0.3 is 15.1 Å². The number of carbonyl (C=O) groups excluding carboxylic acids is 1. The third-order valence-electron chi connectivity index (χ3n) is 6.85. The maximum Gasteiger partial charge on any atom is 0.222 e. The van der Waals surface area contributed by atoms with Crippen molar-refractivity contribution in [1.82, 2.24) is 15.1 Å². The minimum atomic E-state index is 0.